The summed E-state index contributed by atoms with van der Waals surface area (Å²) in [6.45, 7) is 0.681. The fraction of sp³-hybridized carbons (Fsp3) is 0.143. The fourth-order valence-corrected chi connectivity index (χ4v) is 2.43. The van der Waals surface area contributed by atoms with Crippen molar-refractivity contribution in [2.24, 2.45) is 0 Å². The average Bonchev–Trinajstić information content (AvgIpc) is 2.82. The summed E-state index contributed by atoms with van der Waals surface area (Å²) in [5, 5.41) is 0.367. The first-order chi connectivity index (χ1) is 9.67. The highest BCUT2D eigenvalue weighted by molar-refractivity contribution is 6.33. The normalized spacial score (nSPS) is 10.9. The van der Waals surface area contributed by atoms with Crippen LogP contribution in [0.1, 0.15) is 5.56 Å². The van der Waals surface area contributed by atoms with Crippen LogP contribution in [0.3, 0.4) is 0 Å². The summed E-state index contributed by atoms with van der Waals surface area (Å²) in [5.74, 6) is 1.02. The molecule has 102 valence electrons. The van der Waals surface area contributed by atoms with Crippen LogP contribution in [0.2, 0.25) is 5.15 Å². The topological polar surface area (TPSA) is 66.0 Å². The van der Waals surface area contributed by atoms with Crippen molar-refractivity contribution in [3.8, 4) is 5.75 Å². The molecule has 0 saturated heterocycles. The van der Waals surface area contributed by atoms with Crippen LogP contribution in [0.4, 0.5) is 5.95 Å². The minimum Gasteiger partial charge on any atom is -0.497 e. The Morgan fingerprint density at radius 3 is 2.65 bits per heavy atom. The van der Waals surface area contributed by atoms with Gasteiger partial charge >= 0.3 is 0 Å². The zero-order valence-corrected chi connectivity index (χ0v) is 11.6. The molecule has 0 aliphatic rings. The molecule has 0 amide bonds. The number of nitrogens with two attached hydrogens (primary N) is 1. The predicted octanol–water partition coefficient (Wildman–Crippen LogP) is 2.72. The van der Waals surface area contributed by atoms with Gasteiger partial charge in [-0.2, -0.15) is 4.98 Å². The summed E-state index contributed by atoms with van der Waals surface area (Å²) in [7, 11) is 1.65. The number of anilines is 1. The van der Waals surface area contributed by atoms with E-state index in [0.29, 0.717) is 11.7 Å². The Morgan fingerprint density at radius 2 is 1.95 bits per heavy atom. The number of fused-ring (bicyclic) bond motifs is 1. The molecule has 0 aliphatic carbocycles. The van der Waals surface area contributed by atoms with E-state index in [-0.39, 0.29) is 5.95 Å². The third kappa shape index (κ3) is 2.28. The van der Waals surface area contributed by atoms with Crippen LogP contribution in [-0.2, 0) is 6.54 Å². The SMILES string of the molecule is COc1ccc(Cn2ccc3nc(N)nc(Cl)c32)cc1. The zero-order valence-electron chi connectivity index (χ0n) is 10.9. The quantitative estimate of drug-likeness (QED) is 0.753. The molecule has 0 fully saturated rings. The van der Waals surface area contributed by atoms with Crippen molar-refractivity contribution in [3.05, 3.63) is 47.2 Å². The molecule has 5 nitrogen and oxygen atoms in total. The van der Waals surface area contributed by atoms with Crippen LogP contribution in [0.15, 0.2) is 36.5 Å². The van der Waals surface area contributed by atoms with Crippen LogP contribution >= 0.6 is 11.6 Å². The van der Waals surface area contributed by atoms with E-state index in [4.69, 9.17) is 22.1 Å². The first kappa shape index (κ1) is 12.7. The van der Waals surface area contributed by atoms with Gasteiger partial charge in [-0.25, -0.2) is 4.98 Å². The number of aromatic nitrogens is 3. The van der Waals surface area contributed by atoms with E-state index in [1.165, 1.54) is 0 Å². The molecule has 0 saturated carbocycles. The Balaban J connectivity index is 1.98. The number of methoxy groups -OCH3 is 1. The van der Waals surface area contributed by atoms with E-state index in [2.05, 4.69) is 9.97 Å². The van der Waals surface area contributed by atoms with Gasteiger partial charge in [0.2, 0.25) is 5.95 Å². The lowest BCUT2D eigenvalue weighted by atomic mass is 10.2. The molecule has 1 aromatic carbocycles. The number of nitrogens with zero attached hydrogens (tertiary/aromatic N) is 3. The number of rotatable bonds is 3. The Kier molecular flexibility index (Phi) is 3.20. The van der Waals surface area contributed by atoms with Gasteiger partial charge in [0.25, 0.3) is 0 Å². The highest BCUT2D eigenvalue weighted by Crippen LogP contribution is 2.23. The van der Waals surface area contributed by atoms with Crippen molar-refractivity contribution in [1.29, 1.82) is 0 Å². The van der Waals surface area contributed by atoms with Crippen molar-refractivity contribution in [2.45, 2.75) is 6.54 Å². The lowest BCUT2D eigenvalue weighted by Crippen LogP contribution is -2.01. The smallest absolute Gasteiger partial charge is 0.222 e. The van der Waals surface area contributed by atoms with Crippen LogP contribution in [-0.4, -0.2) is 21.6 Å². The number of hydrogen-bond acceptors (Lipinski definition) is 4. The lowest BCUT2D eigenvalue weighted by molar-refractivity contribution is 0.414. The third-order valence-electron chi connectivity index (χ3n) is 3.10. The minimum atomic E-state index is 0.185. The summed E-state index contributed by atoms with van der Waals surface area (Å²) in [6.07, 6.45) is 1.93. The molecule has 20 heavy (non-hydrogen) atoms. The first-order valence-corrected chi connectivity index (χ1v) is 6.46. The molecule has 0 bridgehead atoms. The summed E-state index contributed by atoms with van der Waals surface area (Å²) >= 11 is 6.15. The summed E-state index contributed by atoms with van der Waals surface area (Å²) in [5.41, 5.74) is 8.26. The summed E-state index contributed by atoms with van der Waals surface area (Å²) in [4.78, 5) is 8.16. The lowest BCUT2D eigenvalue weighted by Gasteiger charge is -2.07. The van der Waals surface area contributed by atoms with Gasteiger partial charge in [0.05, 0.1) is 12.6 Å². The Hall–Kier alpha value is -2.27. The molecule has 2 heterocycles. The Bertz CT molecular complexity index is 752. The maximum atomic E-state index is 6.15. The van der Waals surface area contributed by atoms with Gasteiger partial charge in [-0.3, -0.25) is 0 Å². The molecule has 3 rings (SSSR count). The van der Waals surface area contributed by atoms with E-state index in [0.717, 1.165) is 22.3 Å². The van der Waals surface area contributed by atoms with Crippen molar-refractivity contribution < 1.29 is 4.74 Å². The average molecular weight is 289 g/mol. The summed E-state index contributed by atoms with van der Waals surface area (Å²) in [6, 6.07) is 9.75. The van der Waals surface area contributed by atoms with E-state index < -0.39 is 0 Å². The Labute approximate surface area is 121 Å². The largest absolute Gasteiger partial charge is 0.497 e. The Morgan fingerprint density at radius 1 is 1.20 bits per heavy atom. The fourth-order valence-electron chi connectivity index (χ4n) is 2.14. The van der Waals surface area contributed by atoms with E-state index in [1.807, 2.05) is 41.1 Å². The molecular formula is C14H13ClN4O. The van der Waals surface area contributed by atoms with Gasteiger partial charge in [-0.1, -0.05) is 23.7 Å². The molecule has 2 N–H and O–H groups in total. The molecule has 0 spiro atoms. The molecule has 3 aromatic rings. The minimum absolute atomic E-state index is 0.185. The van der Waals surface area contributed by atoms with Gasteiger partial charge < -0.3 is 15.0 Å². The first-order valence-electron chi connectivity index (χ1n) is 6.08. The van der Waals surface area contributed by atoms with Gasteiger partial charge in [-0.05, 0) is 23.8 Å². The summed E-state index contributed by atoms with van der Waals surface area (Å²) < 4.78 is 7.14. The van der Waals surface area contributed by atoms with Crippen LogP contribution in [0.5, 0.6) is 5.75 Å². The van der Waals surface area contributed by atoms with E-state index in [1.54, 1.807) is 7.11 Å². The molecule has 0 atom stereocenters. The van der Waals surface area contributed by atoms with E-state index in [9.17, 15) is 0 Å². The van der Waals surface area contributed by atoms with Crippen molar-refractivity contribution in [1.82, 2.24) is 14.5 Å². The standard InChI is InChI=1S/C14H13ClN4O/c1-20-10-4-2-9(3-5-10)8-19-7-6-11-12(19)13(15)18-14(16)17-11/h2-7H,8H2,1H3,(H2,16,17,18). The van der Waals surface area contributed by atoms with Gasteiger partial charge in [-0.15, -0.1) is 0 Å². The molecule has 0 radical (unpaired) electrons. The second-order valence-electron chi connectivity index (χ2n) is 4.40. The number of benzene rings is 1. The molecule has 6 heteroatoms. The molecule has 0 unspecified atom stereocenters. The van der Waals surface area contributed by atoms with Crippen LogP contribution in [0.25, 0.3) is 11.0 Å². The predicted molar refractivity (Wildman–Crippen MR) is 79.0 cm³/mol. The van der Waals surface area contributed by atoms with Gasteiger partial charge in [0, 0.05) is 12.7 Å². The number of nitrogen functional groups attached to an aromatic ring is 1. The monoisotopic (exact) mass is 288 g/mol. The van der Waals surface area contributed by atoms with Gasteiger partial charge in [0.15, 0.2) is 5.15 Å². The second-order valence-corrected chi connectivity index (χ2v) is 4.76. The van der Waals surface area contributed by atoms with Crippen molar-refractivity contribution in [2.75, 3.05) is 12.8 Å². The third-order valence-corrected chi connectivity index (χ3v) is 3.36. The molecule has 2 aromatic heterocycles. The number of ether oxygens (including phenoxy) is 1. The molecular weight excluding hydrogens is 276 g/mol. The maximum Gasteiger partial charge on any atom is 0.222 e. The second kappa shape index (κ2) is 5.02. The highest BCUT2D eigenvalue weighted by Gasteiger charge is 2.09. The maximum absolute atomic E-state index is 6.15. The van der Waals surface area contributed by atoms with Crippen molar-refractivity contribution in [3.63, 3.8) is 0 Å². The van der Waals surface area contributed by atoms with Gasteiger partial charge in [0.1, 0.15) is 11.3 Å². The number of hydrogen-bond donors (Lipinski definition) is 1. The van der Waals surface area contributed by atoms with E-state index >= 15 is 0 Å². The molecule has 0 aliphatic heterocycles. The van der Waals surface area contributed by atoms with Crippen LogP contribution < -0.4 is 10.5 Å². The zero-order chi connectivity index (χ0) is 14.1. The highest BCUT2D eigenvalue weighted by atomic mass is 35.5. The number of halogens is 1. The van der Waals surface area contributed by atoms with Crippen LogP contribution in [0, 0.1) is 0 Å². The van der Waals surface area contributed by atoms with Crippen molar-refractivity contribution >= 4 is 28.6 Å².